The summed E-state index contributed by atoms with van der Waals surface area (Å²) in [5.41, 5.74) is 0.825. The zero-order valence-electron chi connectivity index (χ0n) is 12.5. The van der Waals surface area contributed by atoms with E-state index >= 15 is 0 Å². The molecule has 0 aliphatic rings. The Labute approximate surface area is 128 Å². The van der Waals surface area contributed by atoms with E-state index in [1.165, 1.54) is 36.3 Å². The van der Waals surface area contributed by atoms with E-state index in [0.29, 0.717) is 17.9 Å². The monoisotopic (exact) mass is 305 g/mol. The van der Waals surface area contributed by atoms with Gasteiger partial charge in [0.05, 0.1) is 12.7 Å². The molecule has 22 heavy (non-hydrogen) atoms. The van der Waals surface area contributed by atoms with Gasteiger partial charge in [0, 0.05) is 13.1 Å². The van der Waals surface area contributed by atoms with Crippen LogP contribution in [-0.2, 0) is 6.54 Å². The largest absolute Gasteiger partial charge is 0.496 e. The van der Waals surface area contributed by atoms with Crippen molar-refractivity contribution < 1.29 is 18.3 Å². The lowest BCUT2D eigenvalue weighted by Gasteiger charge is -2.22. The van der Waals surface area contributed by atoms with Crippen LogP contribution in [0, 0.1) is 11.6 Å². The third-order valence-corrected chi connectivity index (χ3v) is 3.32. The minimum absolute atomic E-state index is 0.153. The highest BCUT2D eigenvalue weighted by Crippen LogP contribution is 2.22. The van der Waals surface area contributed by atoms with Gasteiger partial charge in [0.1, 0.15) is 17.4 Å². The molecule has 0 heterocycles. The van der Waals surface area contributed by atoms with Crippen molar-refractivity contribution in [3.63, 3.8) is 0 Å². The quantitative estimate of drug-likeness (QED) is 0.844. The molecular weight excluding hydrogens is 288 g/mol. The summed E-state index contributed by atoms with van der Waals surface area (Å²) in [6, 6.07) is 9.84. The number of hydrogen-bond acceptors (Lipinski definition) is 2. The molecule has 0 aliphatic heterocycles. The Morgan fingerprint density at radius 3 is 2.50 bits per heavy atom. The van der Waals surface area contributed by atoms with E-state index in [9.17, 15) is 13.6 Å². The van der Waals surface area contributed by atoms with E-state index in [1.807, 2.05) is 6.92 Å². The Kier molecular flexibility index (Phi) is 5.09. The maximum Gasteiger partial charge on any atom is 0.258 e. The average Bonchev–Trinajstić information content (AvgIpc) is 2.52. The number of carbonyl (C=O) groups is 1. The van der Waals surface area contributed by atoms with Crippen LogP contribution < -0.4 is 4.74 Å². The van der Waals surface area contributed by atoms with Crippen molar-refractivity contribution in [1.82, 2.24) is 4.90 Å². The summed E-state index contributed by atoms with van der Waals surface area (Å²) in [5, 5.41) is 0. The highest BCUT2D eigenvalue weighted by molar-refractivity contribution is 5.97. The van der Waals surface area contributed by atoms with Gasteiger partial charge >= 0.3 is 0 Å². The van der Waals surface area contributed by atoms with Crippen LogP contribution in [0.1, 0.15) is 22.8 Å². The average molecular weight is 305 g/mol. The molecule has 0 unspecified atom stereocenters. The predicted octanol–water partition coefficient (Wildman–Crippen LogP) is 3.64. The number of rotatable bonds is 5. The number of amides is 1. The number of benzene rings is 2. The first kappa shape index (κ1) is 15.9. The Bertz CT molecular complexity index is 673. The SMILES string of the molecule is CCN(Cc1cccc(F)c1)C(=O)c1cc(F)ccc1OC. The molecule has 0 N–H and O–H groups in total. The van der Waals surface area contributed by atoms with Gasteiger partial charge in [-0.15, -0.1) is 0 Å². The molecule has 0 radical (unpaired) electrons. The molecule has 0 fully saturated rings. The summed E-state index contributed by atoms with van der Waals surface area (Å²) >= 11 is 0. The first-order valence-electron chi connectivity index (χ1n) is 6.92. The first-order valence-corrected chi connectivity index (χ1v) is 6.92. The lowest BCUT2D eigenvalue weighted by molar-refractivity contribution is 0.0748. The summed E-state index contributed by atoms with van der Waals surface area (Å²) < 4.78 is 31.8. The van der Waals surface area contributed by atoms with Crippen LogP contribution in [0.3, 0.4) is 0 Å². The van der Waals surface area contributed by atoms with E-state index in [-0.39, 0.29) is 23.8 Å². The van der Waals surface area contributed by atoms with Crippen LogP contribution in [0.4, 0.5) is 8.78 Å². The second-order valence-electron chi connectivity index (χ2n) is 4.79. The lowest BCUT2D eigenvalue weighted by Crippen LogP contribution is -2.30. The van der Waals surface area contributed by atoms with E-state index in [4.69, 9.17) is 4.74 Å². The van der Waals surface area contributed by atoms with E-state index in [0.717, 1.165) is 6.07 Å². The number of ether oxygens (including phenoxy) is 1. The second kappa shape index (κ2) is 7.02. The van der Waals surface area contributed by atoms with E-state index in [1.54, 1.807) is 12.1 Å². The number of nitrogens with zero attached hydrogens (tertiary/aromatic N) is 1. The van der Waals surface area contributed by atoms with Crippen LogP contribution in [-0.4, -0.2) is 24.5 Å². The van der Waals surface area contributed by atoms with Crippen molar-refractivity contribution >= 4 is 5.91 Å². The van der Waals surface area contributed by atoms with Gasteiger partial charge in [-0.1, -0.05) is 12.1 Å². The van der Waals surface area contributed by atoms with Gasteiger partial charge in [-0.05, 0) is 42.8 Å². The summed E-state index contributed by atoms with van der Waals surface area (Å²) in [6.07, 6.45) is 0. The van der Waals surface area contributed by atoms with Gasteiger partial charge in [-0.25, -0.2) is 8.78 Å². The Hall–Kier alpha value is -2.43. The van der Waals surface area contributed by atoms with Crippen molar-refractivity contribution in [2.45, 2.75) is 13.5 Å². The molecule has 5 heteroatoms. The van der Waals surface area contributed by atoms with Crippen molar-refractivity contribution in [2.75, 3.05) is 13.7 Å². The van der Waals surface area contributed by atoms with Crippen LogP contribution in [0.25, 0.3) is 0 Å². The standard InChI is InChI=1S/C17H17F2NO2/c1-3-20(11-12-5-4-6-13(18)9-12)17(21)15-10-14(19)7-8-16(15)22-2/h4-10H,3,11H2,1-2H3. The molecule has 0 saturated carbocycles. The molecule has 2 aromatic carbocycles. The number of hydrogen-bond donors (Lipinski definition) is 0. The van der Waals surface area contributed by atoms with Crippen LogP contribution in [0.2, 0.25) is 0 Å². The molecule has 0 spiro atoms. The molecule has 3 nitrogen and oxygen atoms in total. The topological polar surface area (TPSA) is 29.5 Å². The summed E-state index contributed by atoms with van der Waals surface area (Å²) in [4.78, 5) is 14.1. The van der Waals surface area contributed by atoms with Gasteiger partial charge in [0.25, 0.3) is 5.91 Å². The molecule has 2 rings (SSSR count). The summed E-state index contributed by atoms with van der Waals surface area (Å²) in [7, 11) is 1.42. The minimum atomic E-state index is -0.508. The molecular formula is C17H17F2NO2. The van der Waals surface area contributed by atoms with Gasteiger partial charge in [-0.2, -0.15) is 0 Å². The van der Waals surface area contributed by atoms with Gasteiger partial charge < -0.3 is 9.64 Å². The molecule has 1 amide bonds. The number of carbonyl (C=O) groups excluding carboxylic acids is 1. The molecule has 0 saturated heterocycles. The highest BCUT2D eigenvalue weighted by atomic mass is 19.1. The fraction of sp³-hybridized carbons (Fsp3) is 0.235. The predicted molar refractivity (Wildman–Crippen MR) is 79.8 cm³/mol. The molecule has 116 valence electrons. The summed E-state index contributed by atoms with van der Waals surface area (Å²) in [5.74, 6) is -0.914. The zero-order chi connectivity index (χ0) is 16.1. The van der Waals surface area contributed by atoms with E-state index < -0.39 is 5.82 Å². The maximum absolute atomic E-state index is 13.4. The van der Waals surface area contributed by atoms with Crippen molar-refractivity contribution in [3.05, 3.63) is 65.2 Å². The Balaban J connectivity index is 2.27. The first-order chi connectivity index (χ1) is 10.5. The van der Waals surface area contributed by atoms with Gasteiger partial charge in [0.2, 0.25) is 0 Å². The van der Waals surface area contributed by atoms with Crippen LogP contribution in [0.15, 0.2) is 42.5 Å². The zero-order valence-corrected chi connectivity index (χ0v) is 12.5. The van der Waals surface area contributed by atoms with E-state index in [2.05, 4.69) is 0 Å². The maximum atomic E-state index is 13.4. The van der Waals surface area contributed by atoms with Crippen molar-refractivity contribution in [2.24, 2.45) is 0 Å². The summed E-state index contributed by atoms with van der Waals surface area (Å²) in [6.45, 7) is 2.46. The second-order valence-corrected chi connectivity index (χ2v) is 4.79. The molecule has 0 bridgehead atoms. The molecule has 0 aromatic heterocycles. The van der Waals surface area contributed by atoms with Crippen LogP contribution >= 0.6 is 0 Å². The minimum Gasteiger partial charge on any atom is -0.496 e. The highest BCUT2D eigenvalue weighted by Gasteiger charge is 2.19. The fourth-order valence-electron chi connectivity index (χ4n) is 2.20. The molecule has 0 atom stereocenters. The third kappa shape index (κ3) is 3.61. The Morgan fingerprint density at radius 1 is 1.14 bits per heavy atom. The number of methoxy groups -OCH3 is 1. The molecule has 0 aliphatic carbocycles. The normalized spacial score (nSPS) is 10.4. The smallest absolute Gasteiger partial charge is 0.258 e. The lowest BCUT2D eigenvalue weighted by atomic mass is 10.1. The van der Waals surface area contributed by atoms with Crippen LogP contribution in [0.5, 0.6) is 5.75 Å². The van der Waals surface area contributed by atoms with Gasteiger partial charge in [0.15, 0.2) is 0 Å². The van der Waals surface area contributed by atoms with Crippen molar-refractivity contribution in [1.29, 1.82) is 0 Å². The van der Waals surface area contributed by atoms with Crippen molar-refractivity contribution in [3.8, 4) is 5.75 Å². The third-order valence-electron chi connectivity index (χ3n) is 3.32. The molecule has 2 aromatic rings. The fourth-order valence-corrected chi connectivity index (χ4v) is 2.20. The number of halogens is 2. The van der Waals surface area contributed by atoms with Gasteiger partial charge in [-0.3, -0.25) is 4.79 Å². The Morgan fingerprint density at radius 2 is 1.86 bits per heavy atom.